The van der Waals surface area contributed by atoms with E-state index in [1.807, 2.05) is 0 Å². The fraction of sp³-hybridized carbons (Fsp3) is 0.529. The van der Waals surface area contributed by atoms with E-state index >= 15 is 0 Å². The van der Waals surface area contributed by atoms with Crippen LogP contribution in [0.3, 0.4) is 0 Å². The fourth-order valence-electron chi connectivity index (χ4n) is 2.06. The minimum atomic E-state index is -1.05. The number of methoxy groups -OCH3 is 1. The van der Waals surface area contributed by atoms with E-state index in [1.54, 1.807) is 0 Å². The highest BCUT2D eigenvalue weighted by Gasteiger charge is 2.07. The first-order valence-corrected chi connectivity index (χ1v) is 9.01. The van der Waals surface area contributed by atoms with Gasteiger partial charge in [-0.05, 0) is 34.8 Å². The largest absolute Gasteiger partial charge is 0.507 e. The summed E-state index contributed by atoms with van der Waals surface area (Å²) in [4.78, 5) is 20.2. The van der Waals surface area contributed by atoms with Crippen LogP contribution in [-0.2, 0) is 4.79 Å². The standard InChI is InChI=1S/C8H7BrO3.C6H13N.C3H8N2O2/c1-12-8-3-7(11)6(9)2-5(8)4-10;7-6-4-2-1-3-5-6;4-1-2(5)3(6)7/h2-4,11H,1H3;6H,1-5,7H2;2H,1,4-5H2,(H,6,7). The van der Waals surface area contributed by atoms with Gasteiger partial charge < -0.3 is 32.2 Å². The molecule has 1 fully saturated rings. The molecule has 0 radical (unpaired) electrons. The number of carboxylic acid groups (broad SMARTS) is 1. The van der Waals surface area contributed by atoms with Crippen LogP contribution in [-0.4, -0.2) is 48.2 Å². The van der Waals surface area contributed by atoms with Crippen molar-refractivity contribution in [2.75, 3.05) is 13.7 Å². The maximum Gasteiger partial charge on any atom is 0.321 e. The Kier molecular flexibility index (Phi) is 12.6. The van der Waals surface area contributed by atoms with Gasteiger partial charge in [0.1, 0.15) is 17.5 Å². The number of ether oxygens (including phenoxy) is 1. The lowest BCUT2D eigenvalue weighted by Gasteiger charge is -2.15. The van der Waals surface area contributed by atoms with Crippen molar-refractivity contribution in [3.05, 3.63) is 22.2 Å². The van der Waals surface area contributed by atoms with Crippen LogP contribution in [0.4, 0.5) is 0 Å². The Morgan fingerprint density at radius 2 is 1.96 bits per heavy atom. The molecule has 0 amide bonds. The average molecular weight is 434 g/mol. The van der Waals surface area contributed by atoms with Gasteiger partial charge in [-0.2, -0.15) is 0 Å². The molecule has 148 valence electrons. The van der Waals surface area contributed by atoms with Crippen molar-refractivity contribution >= 4 is 28.2 Å². The van der Waals surface area contributed by atoms with E-state index in [0.717, 1.165) is 0 Å². The highest BCUT2D eigenvalue weighted by atomic mass is 79.9. The number of phenolic OH excluding ortho intramolecular Hbond substituents is 1. The molecule has 0 heterocycles. The summed E-state index contributed by atoms with van der Waals surface area (Å²) in [7, 11) is 1.44. The fourth-order valence-corrected chi connectivity index (χ4v) is 2.42. The van der Waals surface area contributed by atoms with Gasteiger partial charge in [-0.3, -0.25) is 9.59 Å². The minimum Gasteiger partial charge on any atom is -0.507 e. The number of benzene rings is 1. The molecule has 9 heteroatoms. The van der Waals surface area contributed by atoms with Crippen molar-refractivity contribution in [3.8, 4) is 11.5 Å². The van der Waals surface area contributed by atoms with Crippen LogP contribution < -0.4 is 21.9 Å². The number of aromatic hydroxyl groups is 1. The van der Waals surface area contributed by atoms with Gasteiger partial charge in [-0.1, -0.05) is 19.3 Å². The number of hydrogen-bond donors (Lipinski definition) is 5. The van der Waals surface area contributed by atoms with Gasteiger partial charge in [-0.25, -0.2) is 0 Å². The molecule has 0 saturated heterocycles. The summed E-state index contributed by atoms with van der Waals surface area (Å²) in [5.74, 6) is -0.634. The van der Waals surface area contributed by atoms with Gasteiger partial charge in [0.15, 0.2) is 6.29 Å². The zero-order valence-electron chi connectivity index (χ0n) is 14.9. The zero-order chi connectivity index (χ0) is 20.1. The number of carbonyl (C=O) groups excluding carboxylic acids is 1. The van der Waals surface area contributed by atoms with Crippen LogP contribution in [0, 0.1) is 0 Å². The molecule has 8 nitrogen and oxygen atoms in total. The summed E-state index contributed by atoms with van der Waals surface area (Å²) < 4.78 is 5.34. The molecule has 0 bridgehead atoms. The van der Waals surface area contributed by atoms with Crippen molar-refractivity contribution in [1.29, 1.82) is 0 Å². The summed E-state index contributed by atoms with van der Waals surface area (Å²) in [6.07, 6.45) is 7.33. The van der Waals surface area contributed by atoms with Crippen LogP contribution in [0.2, 0.25) is 0 Å². The van der Waals surface area contributed by atoms with E-state index in [1.165, 1.54) is 51.3 Å². The van der Waals surface area contributed by atoms with E-state index in [9.17, 15) is 14.7 Å². The zero-order valence-corrected chi connectivity index (χ0v) is 16.4. The summed E-state index contributed by atoms with van der Waals surface area (Å²) >= 11 is 3.09. The lowest BCUT2D eigenvalue weighted by Crippen LogP contribution is -2.37. The number of aliphatic carboxylic acids is 1. The number of nitrogens with two attached hydrogens (primary N) is 3. The molecule has 1 aliphatic carbocycles. The van der Waals surface area contributed by atoms with Crippen LogP contribution in [0.5, 0.6) is 11.5 Å². The number of halogens is 1. The molecule has 1 atom stereocenters. The summed E-state index contributed by atoms with van der Waals surface area (Å²) in [6, 6.07) is 2.52. The SMILES string of the molecule is COc1cc(O)c(Br)cc1C=O.NC1CCCCC1.NCC(N)C(=O)O. The lowest BCUT2D eigenvalue weighted by molar-refractivity contribution is -0.138. The molecule has 1 saturated carbocycles. The third-order valence-corrected chi connectivity index (χ3v) is 4.28. The van der Waals surface area contributed by atoms with Gasteiger partial charge in [0, 0.05) is 18.7 Å². The number of carboxylic acids is 1. The highest BCUT2D eigenvalue weighted by molar-refractivity contribution is 9.10. The molecule has 2 rings (SSSR count). The van der Waals surface area contributed by atoms with E-state index < -0.39 is 12.0 Å². The second-order valence-corrected chi connectivity index (χ2v) is 6.60. The lowest BCUT2D eigenvalue weighted by atomic mass is 9.97. The minimum absolute atomic E-state index is 0.00463. The molecular weight excluding hydrogens is 406 g/mol. The Labute approximate surface area is 161 Å². The Morgan fingerprint density at radius 1 is 1.38 bits per heavy atom. The van der Waals surface area contributed by atoms with E-state index in [4.69, 9.17) is 27.0 Å². The molecule has 0 aromatic heterocycles. The van der Waals surface area contributed by atoms with Gasteiger partial charge in [0.2, 0.25) is 0 Å². The highest BCUT2D eigenvalue weighted by Crippen LogP contribution is 2.30. The summed E-state index contributed by atoms with van der Waals surface area (Å²) in [5, 5.41) is 17.2. The van der Waals surface area contributed by atoms with Crippen LogP contribution >= 0.6 is 15.9 Å². The van der Waals surface area contributed by atoms with Gasteiger partial charge in [0.05, 0.1) is 17.1 Å². The summed E-state index contributed by atoms with van der Waals surface area (Å²) in [5.41, 5.74) is 15.8. The Balaban J connectivity index is 0.000000385. The van der Waals surface area contributed by atoms with Crippen LogP contribution in [0.25, 0.3) is 0 Å². The predicted octanol–water partition coefficient (Wildman–Crippen LogP) is 1.61. The quantitative estimate of drug-likeness (QED) is 0.447. The number of phenols is 1. The first-order chi connectivity index (χ1) is 12.3. The molecule has 1 aromatic rings. The maximum absolute atomic E-state index is 10.5. The summed E-state index contributed by atoms with van der Waals surface area (Å²) in [6.45, 7) is -0.00463. The smallest absolute Gasteiger partial charge is 0.321 e. The van der Waals surface area contributed by atoms with E-state index in [-0.39, 0.29) is 12.3 Å². The first kappa shape index (κ1) is 24.3. The molecule has 26 heavy (non-hydrogen) atoms. The van der Waals surface area contributed by atoms with E-state index in [2.05, 4.69) is 15.9 Å². The van der Waals surface area contributed by atoms with Gasteiger partial charge >= 0.3 is 5.97 Å². The van der Waals surface area contributed by atoms with Crippen molar-refractivity contribution in [2.24, 2.45) is 17.2 Å². The van der Waals surface area contributed by atoms with Crippen molar-refractivity contribution < 1.29 is 24.5 Å². The van der Waals surface area contributed by atoms with Gasteiger partial charge in [0.25, 0.3) is 0 Å². The topological polar surface area (TPSA) is 162 Å². The number of carbonyl (C=O) groups is 2. The molecular formula is C17H28BrN3O5. The van der Waals surface area contributed by atoms with Crippen LogP contribution in [0.1, 0.15) is 42.5 Å². The maximum atomic E-state index is 10.5. The number of hydrogen-bond acceptors (Lipinski definition) is 7. The molecule has 0 aliphatic heterocycles. The van der Waals surface area contributed by atoms with Gasteiger partial charge in [-0.15, -0.1) is 0 Å². The monoisotopic (exact) mass is 433 g/mol. The molecule has 0 spiro atoms. The molecule has 8 N–H and O–H groups in total. The third kappa shape index (κ3) is 9.71. The first-order valence-electron chi connectivity index (χ1n) is 8.22. The van der Waals surface area contributed by atoms with Crippen molar-refractivity contribution in [3.63, 3.8) is 0 Å². The Hall–Kier alpha value is -1.68. The third-order valence-electron chi connectivity index (χ3n) is 3.65. The predicted molar refractivity (Wildman–Crippen MR) is 103 cm³/mol. The second kappa shape index (κ2) is 13.5. The molecule has 1 unspecified atom stereocenters. The van der Waals surface area contributed by atoms with E-state index in [0.29, 0.717) is 28.1 Å². The van der Waals surface area contributed by atoms with Crippen molar-refractivity contribution in [1.82, 2.24) is 0 Å². The Morgan fingerprint density at radius 3 is 2.27 bits per heavy atom. The normalized spacial score (nSPS) is 14.8. The number of aldehydes is 1. The molecule has 1 aromatic carbocycles. The second-order valence-electron chi connectivity index (χ2n) is 5.74. The van der Waals surface area contributed by atoms with Crippen molar-refractivity contribution in [2.45, 2.75) is 44.2 Å². The molecule has 1 aliphatic rings. The average Bonchev–Trinajstić information content (AvgIpc) is 2.64. The number of rotatable bonds is 4. The van der Waals surface area contributed by atoms with Crippen LogP contribution in [0.15, 0.2) is 16.6 Å². The Bertz CT molecular complexity index is 566.